The Bertz CT molecular complexity index is 524. The predicted octanol–water partition coefficient (Wildman–Crippen LogP) is 3.96. The van der Waals surface area contributed by atoms with Gasteiger partial charge in [0.15, 0.2) is 0 Å². The highest BCUT2D eigenvalue weighted by Gasteiger charge is 2.14. The molecule has 1 N–H and O–H groups in total. The van der Waals surface area contributed by atoms with Gasteiger partial charge in [0.1, 0.15) is 0 Å². The van der Waals surface area contributed by atoms with E-state index in [4.69, 9.17) is 0 Å². The number of nitrogens with zero attached hydrogens (tertiary/aromatic N) is 1. The van der Waals surface area contributed by atoms with Crippen molar-refractivity contribution in [3.8, 4) is 0 Å². The van der Waals surface area contributed by atoms with Crippen molar-refractivity contribution in [2.24, 2.45) is 0 Å². The standard InChI is InChI=1S/C15H20N2/c1-5-16-14-8-9-17-13-7-6-11(10-12(13)14)15(2,3)4/h6-10H,5H2,1-4H3,(H,16,17). The van der Waals surface area contributed by atoms with Crippen LogP contribution in [0.1, 0.15) is 33.3 Å². The topological polar surface area (TPSA) is 24.9 Å². The minimum absolute atomic E-state index is 0.174. The molecule has 0 bridgehead atoms. The van der Waals surface area contributed by atoms with Crippen LogP contribution >= 0.6 is 0 Å². The fourth-order valence-electron chi connectivity index (χ4n) is 1.96. The molecule has 1 heterocycles. The average molecular weight is 228 g/mol. The lowest BCUT2D eigenvalue weighted by atomic mass is 9.86. The van der Waals surface area contributed by atoms with Crippen molar-refractivity contribution in [2.45, 2.75) is 33.1 Å². The van der Waals surface area contributed by atoms with E-state index in [1.165, 1.54) is 16.6 Å². The second-order valence-electron chi connectivity index (χ2n) is 5.37. The highest BCUT2D eigenvalue weighted by atomic mass is 14.9. The molecule has 0 unspecified atom stereocenters. The molecule has 0 saturated carbocycles. The number of rotatable bonds is 2. The molecule has 2 nitrogen and oxygen atoms in total. The lowest BCUT2D eigenvalue weighted by Crippen LogP contribution is -2.11. The maximum absolute atomic E-state index is 4.41. The van der Waals surface area contributed by atoms with Crippen LogP contribution in [0.25, 0.3) is 10.9 Å². The number of anilines is 1. The minimum Gasteiger partial charge on any atom is -0.385 e. The molecular weight excluding hydrogens is 208 g/mol. The molecule has 0 radical (unpaired) electrons. The number of fused-ring (bicyclic) bond motifs is 1. The minimum atomic E-state index is 0.174. The van der Waals surface area contributed by atoms with E-state index in [1.54, 1.807) is 0 Å². The van der Waals surface area contributed by atoms with Gasteiger partial charge in [-0.25, -0.2) is 0 Å². The molecule has 0 amide bonds. The van der Waals surface area contributed by atoms with Crippen LogP contribution in [0.5, 0.6) is 0 Å². The lowest BCUT2D eigenvalue weighted by Gasteiger charge is -2.20. The van der Waals surface area contributed by atoms with Crippen LogP contribution in [0, 0.1) is 0 Å². The third kappa shape index (κ3) is 2.41. The Balaban J connectivity index is 2.61. The first-order chi connectivity index (χ1) is 8.02. The highest BCUT2D eigenvalue weighted by molar-refractivity contribution is 5.91. The molecule has 0 saturated heterocycles. The van der Waals surface area contributed by atoms with Gasteiger partial charge >= 0.3 is 0 Å². The molecule has 0 aliphatic heterocycles. The fraction of sp³-hybridized carbons (Fsp3) is 0.400. The lowest BCUT2D eigenvalue weighted by molar-refractivity contribution is 0.591. The SMILES string of the molecule is CCNc1ccnc2ccc(C(C)(C)C)cc12. The van der Waals surface area contributed by atoms with Gasteiger partial charge in [-0.2, -0.15) is 0 Å². The second kappa shape index (κ2) is 4.36. The van der Waals surface area contributed by atoms with Crippen LogP contribution in [-0.2, 0) is 5.41 Å². The van der Waals surface area contributed by atoms with Crippen LogP contribution in [0.4, 0.5) is 5.69 Å². The first kappa shape index (κ1) is 11.9. The molecule has 2 aromatic rings. The Kier molecular flexibility index (Phi) is 3.05. The molecule has 1 aromatic carbocycles. The summed E-state index contributed by atoms with van der Waals surface area (Å²) >= 11 is 0. The number of hydrogen-bond donors (Lipinski definition) is 1. The van der Waals surface area contributed by atoms with E-state index < -0.39 is 0 Å². The Morgan fingerprint density at radius 2 is 1.94 bits per heavy atom. The highest BCUT2D eigenvalue weighted by Crippen LogP contribution is 2.28. The van der Waals surface area contributed by atoms with Gasteiger partial charge in [0.2, 0.25) is 0 Å². The van der Waals surface area contributed by atoms with Gasteiger partial charge in [-0.1, -0.05) is 26.8 Å². The van der Waals surface area contributed by atoms with Gasteiger partial charge < -0.3 is 5.32 Å². The van der Waals surface area contributed by atoms with E-state index in [0.717, 1.165) is 12.1 Å². The fourth-order valence-corrected chi connectivity index (χ4v) is 1.96. The maximum atomic E-state index is 4.41. The largest absolute Gasteiger partial charge is 0.385 e. The average Bonchev–Trinajstić information content (AvgIpc) is 2.28. The van der Waals surface area contributed by atoms with E-state index in [2.05, 4.69) is 56.2 Å². The van der Waals surface area contributed by atoms with Crippen molar-refractivity contribution >= 4 is 16.6 Å². The molecular formula is C15H20N2. The zero-order valence-electron chi connectivity index (χ0n) is 11.0. The summed E-state index contributed by atoms with van der Waals surface area (Å²) in [6.45, 7) is 9.74. The third-order valence-corrected chi connectivity index (χ3v) is 2.97. The van der Waals surface area contributed by atoms with E-state index in [0.29, 0.717) is 0 Å². The molecule has 0 aliphatic carbocycles. The quantitative estimate of drug-likeness (QED) is 0.841. The van der Waals surface area contributed by atoms with Crippen molar-refractivity contribution in [3.63, 3.8) is 0 Å². The summed E-state index contributed by atoms with van der Waals surface area (Å²) in [5, 5.41) is 4.60. The number of aromatic nitrogens is 1. The summed E-state index contributed by atoms with van der Waals surface area (Å²) in [5.74, 6) is 0. The Labute approximate surface area is 103 Å². The van der Waals surface area contributed by atoms with Crippen LogP contribution < -0.4 is 5.32 Å². The molecule has 0 atom stereocenters. The number of nitrogens with one attached hydrogen (secondary N) is 1. The first-order valence-electron chi connectivity index (χ1n) is 6.15. The van der Waals surface area contributed by atoms with Gasteiger partial charge in [0.05, 0.1) is 5.52 Å². The van der Waals surface area contributed by atoms with Crippen molar-refractivity contribution in [1.82, 2.24) is 4.98 Å². The Morgan fingerprint density at radius 3 is 2.59 bits per heavy atom. The van der Waals surface area contributed by atoms with Crippen molar-refractivity contribution in [3.05, 3.63) is 36.0 Å². The Hall–Kier alpha value is -1.57. The maximum Gasteiger partial charge on any atom is 0.0722 e. The van der Waals surface area contributed by atoms with Crippen LogP contribution in [0.2, 0.25) is 0 Å². The molecule has 2 heteroatoms. The summed E-state index contributed by atoms with van der Waals surface area (Å²) in [6.07, 6.45) is 1.86. The van der Waals surface area contributed by atoms with E-state index >= 15 is 0 Å². The normalized spacial score (nSPS) is 11.8. The molecule has 2 rings (SSSR count). The molecule has 0 aliphatic rings. The summed E-state index contributed by atoms with van der Waals surface area (Å²) in [7, 11) is 0. The summed E-state index contributed by atoms with van der Waals surface area (Å²) in [5.41, 5.74) is 3.74. The third-order valence-electron chi connectivity index (χ3n) is 2.97. The molecule has 90 valence electrons. The van der Waals surface area contributed by atoms with Crippen LogP contribution in [0.3, 0.4) is 0 Å². The number of hydrogen-bond acceptors (Lipinski definition) is 2. The summed E-state index contributed by atoms with van der Waals surface area (Å²) in [6, 6.07) is 8.57. The van der Waals surface area contributed by atoms with Crippen molar-refractivity contribution in [1.29, 1.82) is 0 Å². The molecule has 0 fully saturated rings. The zero-order valence-corrected chi connectivity index (χ0v) is 11.0. The summed E-state index contributed by atoms with van der Waals surface area (Å²) in [4.78, 5) is 4.41. The molecule has 17 heavy (non-hydrogen) atoms. The second-order valence-corrected chi connectivity index (χ2v) is 5.37. The van der Waals surface area contributed by atoms with Gasteiger partial charge in [-0.3, -0.25) is 4.98 Å². The van der Waals surface area contributed by atoms with Crippen LogP contribution in [0.15, 0.2) is 30.5 Å². The smallest absolute Gasteiger partial charge is 0.0722 e. The van der Waals surface area contributed by atoms with Gasteiger partial charge in [-0.05, 0) is 36.1 Å². The number of pyridine rings is 1. The molecule has 1 aromatic heterocycles. The Morgan fingerprint density at radius 1 is 1.18 bits per heavy atom. The monoisotopic (exact) mass is 228 g/mol. The van der Waals surface area contributed by atoms with Gasteiger partial charge in [0, 0.05) is 23.8 Å². The molecule has 0 spiro atoms. The predicted molar refractivity (Wildman–Crippen MR) is 74.6 cm³/mol. The number of benzene rings is 1. The van der Waals surface area contributed by atoms with Crippen LogP contribution in [-0.4, -0.2) is 11.5 Å². The van der Waals surface area contributed by atoms with Gasteiger partial charge in [0.25, 0.3) is 0 Å². The summed E-state index contributed by atoms with van der Waals surface area (Å²) < 4.78 is 0. The zero-order chi connectivity index (χ0) is 12.5. The van der Waals surface area contributed by atoms with E-state index in [-0.39, 0.29) is 5.41 Å². The van der Waals surface area contributed by atoms with Crippen molar-refractivity contribution in [2.75, 3.05) is 11.9 Å². The van der Waals surface area contributed by atoms with Crippen molar-refractivity contribution < 1.29 is 0 Å². The van der Waals surface area contributed by atoms with E-state index in [9.17, 15) is 0 Å². The van der Waals surface area contributed by atoms with E-state index in [1.807, 2.05) is 12.3 Å². The van der Waals surface area contributed by atoms with Gasteiger partial charge in [-0.15, -0.1) is 0 Å². The first-order valence-corrected chi connectivity index (χ1v) is 6.15.